The number of hydrogen-bond donors (Lipinski definition) is 2. The van der Waals surface area contributed by atoms with Crippen molar-refractivity contribution < 1.29 is 4.74 Å². The Balaban J connectivity index is 2.32. The molecule has 0 spiro atoms. The normalized spacial score (nSPS) is 10.6. The summed E-state index contributed by atoms with van der Waals surface area (Å²) in [6.45, 7) is 3.75. The second kappa shape index (κ2) is 8.63. The molecule has 6 nitrogen and oxygen atoms in total. The predicted octanol–water partition coefficient (Wildman–Crippen LogP) is 1.63. The molecule has 1 aromatic rings. The van der Waals surface area contributed by atoms with E-state index in [-0.39, 0.29) is 5.95 Å². The Bertz CT molecular complexity index is 345. The second-order valence-electron chi connectivity index (χ2n) is 4.16. The van der Waals surface area contributed by atoms with Gasteiger partial charge in [-0.3, -0.25) is 0 Å². The van der Waals surface area contributed by atoms with E-state index in [1.165, 1.54) is 0 Å². The zero-order valence-electron chi connectivity index (χ0n) is 11.3. The van der Waals surface area contributed by atoms with Gasteiger partial charge in [0, 0.05) is 26.7 Å². The average Bonchev–Trinajstić information content (AvgIpc) is 2.33. The molecule has 0 fully saturated rings. The topological polar surface area (TPSA) is 86.0 Å². The predicted molar refractivity (Wildman–Crippen MR) is 72.5 cm³/mol. The Morgan fingerprint density at radius 3 is 2.72 bits per heavy atom. The van der Waals surface area contributed by atoms with E-state index in [9.17, 15) is 0 Å². The van der Waals surface area contributed by atoms with E-state index in [0.29, 0.717) is 5.95 Å². The maximum absolute atomic E-state index is 5.64. The molecule has 18 heavy (non-hydrogen) atoms. The zero-order valence-corrected chi connectivity index (χ0v) is 11.3. The molecule has 0 radical (unpaired) electrons. The number of ether oxygens (including phenoxy) is 1. The van der Waals surface area contributed by atoms with Crippen LogP contribution in [0.4, 0.5) is 11.9 Å². The maximum Gasteiger partial charge on any atom is 0.227 e. The van der Waals surface area contributed by atoms with E-state index < -0.39 is 0 Å². The highest BCUT2D eigenvalue weighted by Crippen LogP contribution is 2.05. The lowest BCUT2D eigenvalue weighted by Crippen LogP contribution is -2.10. The summed E-state index contributed by atoms with van der Waals surface area (Å²) in [4.78, 5) is 12.5. The Hall–Kier alpha value is -1.43. The molecule has 1 rings (SSSR count). The van der Waals surface area contributed by atoms with Crippen molar-refractivity contribution in [3.05, 3.63) is 5.82 Å². The Morgan fingerprint density at radius 1 is 1.17 bits per heavy atom. The lowest BCUT2D eigenvalue weighted by Gasteiger charge is -2.06. The molecule has 0 atom stereocenters. The summed E-state index contributed by atoms with van der Waals surface area (Å²) in [6, 6.07) is 0. The lowest BCUT2D eigenvalue weighted by atomic mass is 10.2. The number of methoxy groups -OCH3 is 1. The second-order valence-corrected chi connectivity index (χ2v) is 4.16. The molecule has 3 N–H and O–H groups in total. The summed E-state index contributed by atoms with van der Waals surface area (Å²) < 4.78 is 5.00. The Kier molecular flexibility index (Phi) is 7.01. The molecule has 0 aliphatic carbocycles. The van der Waals surface area contributed by atoms with Gasteiger partial charge >= 0.3 is 0 Å². The van der Waals surface area contributed by atoms with Crippen LogP contribution in [0.2, 0.25) is 0 Å². The minimum atomic E-state index is 0.287. The van der Waals surface area contributed by atoms with Crippen LogP contribution in [-0.2, 0) is 11.2 Å². The van der Waals surface area contributed by atoms with Gasteiger partial charge in [-0.2, -0.15) is 15.0 Å². The van der Waals surface area contributed by atoms with Crippen molar-refractivity contribution in [2.75, 3.05) is 31.3 Å². The third-order valence-corrected chi connectivity index (χ3v) is 2.48. The van der Waals surface area contributed by atoms with Gasteiger partial charge in [-0.25, -0.2) is 0 Å². The van der Waals surface area contributed by atoms with E-state index in [0.717, 1.165) is 51.1 Å². The summed E-state index contributed by atoms with van der Waals surface area (Å²) in [5, 5.41) is 3.18. The molecule has 0 unspecified atom stereocenters. The van der Waals surface area contributed by atoms with Crippen molar-refractivity contribution in [1.29, 1.82) is 0 Å². The summed E-state index contributed by atoms with van der Waals surface area (Å²) >= 11 is 0. The van der Waals surface area contributed by atoms with Crippen LogP contribution in [0, 0.1) is 0 Å². The van der Waals surface area contributed by atoms with Gasteiger partial charge < -0.3 is 15.8 Å². The van der Waals surface area contributed by atoms with Gasteiger partial charge in [0.25, 0.3) is 0 Å². The summed E-state index contributed by atoms with van der Waals surface area (Å²) in [7, 11) is 1.72. The van der Waals surface area contributed by atoms with Crippen molar-refractivity contribution in [3.8, 4) is 0 Å². The van der Waals surface area contributed by atoms with Crippen LogP contribution in [-0.4, -0.2) is 35.2 Å². The first-order valence-electron chi connectivity index (χ1n) is 6.49. The fraction of sp³-hybridized carbons (Fsp3) is 0.750. The highest BCUT2D eigenvalue weighted by Gasteiger charge is 2.02. The molecule has 0 aliphatic heterocycles. The number of nitrogens with two attached hydrogens (primary N) is 1. The van der Waals surface area contributed by atoms with Crippen LogP contribution in [0.3, 0.4) is 0 Å². The van der Waals surface area contributed by atoms with E-state index >= 15 is 0 Å². The molecule has 0 saturated heterocycles. The Morgan fingerprint density at radius 2 is 2.00 bits per heavy atom. The number of nitrogens with one attached hydrogen (secondary N) is 1. The number of aryl methyl sites for hydroxylation is 1. The fourth-order valence-electron chi connectivity index (χ4n) is 1.60. The van der Waals surface area contributed by atoms with Crippen molar-refractivity contribution in [2.45, 2.75) is 39.0 Å². The van der Waals surface area contributed by atoms with Crippen molar-refractivity contribution >= 4 is 11.9 Å². The molecule has 0 saturated carbocycles. The molecule has 6 heteroatoms. The van der Waals surface area contributed by atoms with Gasteiger partial charge in [0.1, 0.15) is 5.82 Å². The van der Waals surface area contributed by atoms with Crippen LogP contribution in [0.15, 0.2) is 0 Å². The van der Waals surface area contributed by atoms with Crippen LogP contribution in [0.5, 0.6) is 0 Å². The van der Waals surface area contributed by atoms with Crippen LogP contribution in [0.25, 0.3) is 0 Å². The van der Waals surface area contributed by atoms with Crippen LogP contribution < -0.4 is 11.1 Å². The summed E-state index contributed by atoms with van der Waals surface area (Å²) in [5.74, 6) is 1.62. The molecule has 0 aliphatic rings. The van der Waals surface area contributed by atoms with Crippen molar-refractivity contribution in [1.82, 2.24) is 15.0 Å². The van der Waals surface area contributed by atoms with Gasteiger partial charge in [0.2, 0.25) is 11.9 Å². The number of rotatable bonds is 9. The van der Waals surface area contributed by atoms with Gasteiger partial charge in [-0.05, 0) is 25.7 Å². The zero-order chi connectivity index (χ0) is 13.2. The third-order valence-electron chi connectivity index (χ3n) is 2.48. The van der Waals surface area contributed by atoms with Crippen molar-refractivity contribution in [2.24, 2.45) is 0 Å². The first-order valence-corrected chi connectivity index (χ1v) is 6.49. The molecular formula is C12H23N5O. The standard InChI is InChI=1S/C12H23N5O/c1-3-7-10-15-11(13)17-12(16-10)14-8-5-4-6-9-18-2/h3-9H2,1-2H3,(H3,13,14,15,16,17). The van der Waals surface area contributed by atoms with E-state index in [1.54, 1.807) is 7.11 Å². The lowest BCUT2D eigenvalue weighted by molar-refractivity contribution is 0.192. The van der Waals surface area contributed by atoms with Gasteiger partial charge in [-0.1, -0.05) is 6.92 Å². The maximum atomic E-state index is 5.64. The summed E-state index contributed by atoms with van der Waals surface area (Å²) in [5.41, 5.74) is 5.64. The Labute approximate surface area is 108 Å². The smallest absolute Gasteiger partial charge is 0.227 e. The molecule has 0 aromatic carbocycles. The minimum Gasteiger partial charge on any atom is -0.385 e. The average molecular weight is 253 g/mol. The number of nitrogen functional groups attached to an aromatic ring is 1. The minimum absolute atomic E-state index is 0.287. The summed E-state index contributed by atoms with van der Waals surface area (Å²) in [6.07, 6.45) is 5.11. The molecule has 1 aromatic heterocycles. The van der Waals surface area contributed by atoms with Crippen molar-refractivity contribution in [3.63, 3.8) is 0 Å². The highest BCUT2D eigenvalue weighted by atomic mass is 16.5. The van der Waals surface area contributed by atoms with E-state index in [1.807, 2.05) is 0 Å². The van der Waals surface area contributed by atoms with Crippen LogP contribution in [0.1, 0.15) is 38.4 Å². The molecule has 0 bridgehead atoms. The monoisotopic (exact) mass is 253 g/mol. The SMILES string of the molecule is CCCc1nc(N)nc(NCCCCCOC)n1. The van der Waals surface area contributed by atoms with Gasteiger partial charge in [0.15, 0.2) is 0 Å². The van der Waals surface area contributed by atoms with Gasteiger partial charge in [0.05, 0.1) is 0 Å². The van der Waals surface area contributed by atoms with E-state index in [4.69, 9.17) is 10.5 Å². The number of aromatic nitrogens is 3. The number of hydrogen-bond acceptors (Lipinski definition) is 6. The first-order chi connectivity index (χ1) is 8.76. The number of nitrogens with zero attached hydrogens (tertiary/aromatic N) is 3. The first kappa shape index (κ1) is 14.6. The highest BCUT2D eigenvalue weighted by molar-refractivity contribution is 5.30. The number of unbranched alkanes of at least 4 members (excludes halogenated alkanes) is 2. The molecule has 0 amide bonds. The van der Waals surface area contributed by atoms with E-state index in [2.05, 4.69) is 27.2 Å². The quantitative estimate of drug-likeness (QED) is 0.651. The largest absolute Gasteiger partial charge is 0.385 e. The third kappa shape index (κ3) is 5.77. The number of anilines is 2. The van der Waals surface area contributed by atoms with Gasteiger partial charge in [-0.15, -0.1) is 0 Å². The van der Waals surface area contributed by atoms with Crippen LogP contribution >= 0.6 is 0 Å². The molecule has 1 heterocycles. The fourth-order valence-corrected chi connectivity index (χ4v) is 1.60. The molecular weight excluding hydrogens is 230 g/mol. The molecule has 102 valence electrons.